The fourth-order valence-corrected chi connectivity index (χ4v) is 3.16. The van der Waals surface area contributed by atoms with Gasteiger partial charge < -0.3 is 20.6 Å². The Labute approximate surface area is 128 Å². The van der Waals surface area contributed by atoms with Gasteiger partial charge in [0.1, 0.15) is 0 Å². The van der Waals surface area contributed by atoms with Crippen molar-refractivity contribution in [1.82, 2.24) is 15.5 Å². The Balaban J connectivity index is 1.68. The fourth-order valence-electron chi connectivity index (χ4n) is 3.16. The van der Waals surface area contributed by atoms with Gasteiger partial charge in [-0.2, -0.15) is 0 Å². The van der Waals surface area contributed by atoms with Crippen molar-refractivity contribution in [2.45, 2.75) is 71.0 Å². The van der Waals surface area contributed by atoms with Gasteiger partial charge in [-0.3, -0.25) is 0 Å². The van der Waals surface area contributed by atoms with E-state index >= 15 is 0 Å². The lowest BCUT2D eigenvalue weighted by Crippen LogP contribution is -2.51. The molecule has 1 aliphatic carbocycles. The molecule has 1 aliphatic heterocycles. The minimum atomic E-state index is -0.170. The predicted octanol–water partition coefficient (Wildman–Crippen LogP) is 1.71. The number of carbonyl (C=O) groups excluding carboxylic acids is 1. The molecule has 5 heteroatoms. The second-order valence-corrected chi connectivity index (χ2v) is 7.80. The zero-order valence-corrected chi connectivity index (χ0v) is 13.7. The molecule has 0 aromatic carbocycles. The molecule has 1 atom stereocenters. The summed E-state index contributed by atoms with van der Waals surface area (Å²) in [6.07, 6.45) is 5.55. The van der Waals surface area contributed by atoms with Crippen LogP contribution in [0, 0.1) is 5.41 Å². The lowest BCUT2D eigenvalue weighted by molar-refractivity contribution is 0.174. The molecule has 1 saturated carbocycles. The third-order valence-corrected chi connectivity index (χ3v) is 4.34. The fraction of sp³-hybridized carbons (Fsp3) is 0.938. The average Bonchev–Trinajstić information content (AvgIpc) is 3.21. The Bertz CT molecular complexity index is 342. The molecule has 0 aromatic heterocycles. The lowest BCUT2D eigenvalue weighted by atomic mass is 9.88. The number of hydrogen-bond donors (Lipinski definition) is 3. The molecule has 1 saturated heterocycles. The summed E-state index contributed by atoms with van der Waals surface area (Å²) < 4.78 is 0. The third kappa shape index (κ3) is 5.83. The summed E-state index contributed by atoms with van der Waals surface area (Å²) in [6.45, 7) is 8.53. The van der Waals surface area contributed by atoms with Gasteiger partial charge in [0.05, 0.1) is 12.6 Å². The summed E-state index contributed by atoms with van der Waals surface area (Å²) in [6, 6.07) is 0.791. The molecule has 0 bridgehead atoms. The zero-order valence-electron chi connectivity index (χ0n) is 13.7. The van der Waals surface area contributed by atoms with E-state index in [4.69, 9.17) is 0 Å². The Kier molecular flexibility index (Phi) is 5.49. The van der Waals surface area contributed by atoms with Crippen molar-refractivity contribution in [2.24, 2.45) is 5.41 Å². The second kappa shape index (κ2) is 6.97. The Morgan fingerprint density at radius 3 is 2.33 bits per heavy atom. The molecule has 0 radical (unpaired) electrons. The van der Waals surface area contributed by atoms with Gasteiger partial charge in [0.25, 0.3) is 0 Å². The summed E-state index contributed by atoms with van der Waals surface area (Å²) in [5, 5.41) is 15.4. The van der Waals surface area contributed by atoms with Gasteiger partial charge in [-0.25, -0.2) is 4.79 Å². The Morgan fingerprint density at radius 1 is 1.24 bits per heavy atom. The molecule has 122 valence electrons. The Morgan fingerprint density at radius 2 is 1.86 bits per heavy atom. The van der Waals surface area contributed by atoms with Crippen LogP contribution in [-0.4, -0.2) is 53.9 Å². The molecule has 0 aromatic rings. The van der Waals surface area contributed by atoms with E-state index in [1.165, 1.54) is 12.8 Å². The topological polar surface area (TPSA) is 64.6 Å². The van der Waals surface area contributed by atoms with Crippen LogP contribution in [0.3, 0.4) is 0 Å². The van der Waals surface area contributed by atoms with Crippen molar-refractivity contribution in [1.29, 1.82) is 0 Å². The molecule has 2 rings (SSSR count). The van der Waals surface area contributed by atoms with Gasteiger partial charge in [0, 0.05) is 25.2 Å². The largest absolute Gasteiger partial charge is 0.394 e. The molecular weight excluding hydrogens is 266 g/mol. The van der Waals surface area contributed by atoms with Crippen LogP contribution in [0.4, 0.5) is 4.79 Å². The van der Waals surface area contributed by atoms with Crippen LogP contribution < -0.4 is 10.6 Å². The molecule has 2 amide bonds. The molecule has 2 fully saturated rings. The minimum absolute atomic E-state index is 0.00911. The van der Waals surface area contributed by atoms with E-state index in [-0.39, 0.29) is 30.1 Å². The first kappa shape index (κ1) is 16.6. The van der Waals surface area contributed by atoms with Gasteiger partial charge >= 0.3 is 6.03 Å². The highest BCUT2D eigenvalue weighted by atomic mass is 16.3. The number of aliphatic hydroxyl groups excluding tert-OH is 1. The van der Waals surface area contributed by atoms with Crippen LogP contribution >= 0.6 is 0 Å². The van der Waals surface area contributed by atoms with Crippen LogP contribution in [0.1, 0.15) is 52.9 Å². The smallest absolute Gasteiger partial charge is 0.315 e. The normalized spacial score (nSPS) is 22.9. The first-order chi connectivity index (χ1) is 9.87. The van der Waals surface area contributed by atoms with E-state index in [0.29, 0.717) is 0 Å². The number of rotatable bonds is 5. The molecule has 1 heterocycles. The van der Waals surface area contributed by atoms with Gasteiger partial charge in [-0.05, 0) is 37.5 Å². The van der Waals surface area contributed by atoms with Gasteiger partial charge in [0.2, 0.25) is 0 Å². The van der Waals surface area contributed by atoms with Gasteiger partial charge in [-0.15, -0.1) is 0 Å². The number of amides is 2. The lowest BCUT2D eigenvalue weighted by Gasteiger charge is -2.33. The second-order valence-electron chi connectivity index (χ2n) is 7.80. The summed E-state index contributed by atoms with van der Waals surface area (Å²) in [7, 11) is 0. The molecule has 5 nitrogen and oxygen atoms in total. The highest BCUT2D eigenvalue weighted by Gasteiger charge is 2.32. The van der Waals surface area contributed by atoms with Crippen molar-refractivity contribution >= 4 is 6.03 Å². The van der Waals surface area contributed by atoms with Crippen LogP contribution in [0.25, 0.3) is 0 Å². The van der Waals surface area contributed by atoms with Crippen molar-refractivity contribution < 1.29 is 9.90 Å². The summed E-state index contributed by atoms with van der Waals surface area (Å²) in [5.74, 6) is 0. The van der Waals surface area contributed by atoms with Crippen LogP contribution in [0.5, 0.6) is 0 Å². The van der Waals surface area contributed by atoms with Crippen molar-refractivity contribution in [3.63, 3.8) is 0 Å². The van der Waals surface area contributed by atoms with Crippen LogP contribution in [-0.2, 0) is 0 Å². The zero-order chi connectivity index (χ0) is 15.5. The highest BCUT2D eigenvalue weighted by Crippen LogP contribution is 2.29. The molecule has 1 unspecified atom stereocenters. The summed E-state index contributed by atoms with van der Waals surface area (Å²) >= 11 is 0. The number of hydrogen-bond acceptors (Lipinski definition) is 3. The van der Waals surface area contributed by atoms with E-state index in [2.05, 4.69) is 36.3 Å². The van der Waals surface area contributed by atoms with Crippen molar-refractivity contribution in [3.8, 4) is 0 Å². The van der Waals surface area contributed by atoms with Gasteiger partial charge in [0.15, 0.2) is 0 Å². The maximum Gasteiger partial charge on any atom is 0.315 e. The molecule has 2 aliphatic rings. The number of carbonyl (C=O) groups is 1. The van der Waals surface area contributed by atoms with E-state index in [9.17, 15) is 9.90 Å². The maximum absolute atomic E-state index is 12.0. The first-order valence-electron chi connectivity index (χ1n) is 8.29. The predicted molar refractivity (Wildman–Crippen MR) is 84.2 cm³/mol. The third-order valence-electron chi connectivity index (χ3n) is 4.34. The summed E-state index contributed by atoms with van der Waals surface area (Å²) in [4.78, 5) is 14.6. The number of piperidine rings is 1. The standard InChI is InChI=1S/C16H31N3O2/c1-16(2,3)10-13(11-20)18-15(21)17-12-6-8-19(9-7-12)14-4-5-14/h12-14,20H,4-11H2,1-3H3,(H2,17,18,21). The van der Waals surface area contributed by atoms with E-state index < -0.39 is 0 Å². The van der Waals surface area contributed by atoms with Crippen molar-refractivity contribution in [2.75, 3.05) is 19.7 Å². The van der Waals surface area contributed by atoms with Crippen molar-refractivity contribution in [3.05, 3.63) is 0 Å². The van der Waals surface area contributed by atoms with Gasteiger partial charge in [-0.1, -0.05) is 20.8 Å². The maximum atomic E-state index is 12.0. The number of aliphatic hydroxyl groups is 1. The average molecular weight is 297 g/mol. The van der Waals surface area contributed by atoms with E-state index in [1.807, 2.05) is 0 Å². The SMILES string of the molecule is CC(C)(C)CC(CO)NC(=O)NC1CCN(C2CC2)CC1. The highest BCUT2D eigenvalue weighted by molar-refractivity contribution is 5.74. The number of likely N-dealkylation sites (tertiary alicyclic amines) is 1. The number of urea groups is 1. The first-order valence-corrected chi connectivity index (χ1v) is 8.29. The van der Waals surface area contributed by atoms with Crippen LogP contribution in [0.15, 0.2) is 0 Å². The molecule has 21 heavy (non-hydrogen) atoms. The van der Waals surface area contributed by atoms with E-state index in [1.54, 1.807) is 0 Å². The van der Waals surface area contributed by atoms with E-state index in [0.717, 1.165) is 38.4 Å². The number of nitrogens with zero attached hydrogens (tertiary/aromatic N) is 1. The minimum Gasteiger partial charge on any atom is -0.394 e. The molecule has 3 N–H and O–H groups in total. The summed E-state index contributed by atoms with van der Waals surface area (Å²) in [5.41, 5.74) is 0.0935. The molecule has 0 spiro atoms. The molecular formula is C16H31N3O2. The Hall–Kier alpha value is -0.810. The monoisotopic (exact) mass is 297 g/mol. The quantitative estimate of drug-likeness (QED) is 0.724. The number of nitrogens with one attached hydrogen (secondary N) is 2. The van der Waals surface area contributed by atoms with Crippen LogP contribution in [0.2, 0.25) is 0 Å².